The lowest BCUT2D eigenvalue weighted by molar-refractivity contribution is 0.992. The van der Waals surface area contributed by atoms with E-state index in [-0.39, 0.29) is 0 Å². The first-order chi connectivity index (χ1) is 21.8. The molecule has 6 heteroatoms. The van der Waals surface area contributed by atoms with Crippen LogP contribution < -0.4 is 0 Å². The van der Waals surface area contributed by atoms with Crippen molar-refractivity contribution in [2.24, 2.45) is 0 Å². The molecule has 0 amide bonds. The molecule has 9 aromatic rings. The van der Waals surface area contributed by atoms with Gasteiger partial charge in [-0.25, -0.2) is 9.97 Å². The van der Waals surface area contributed by atoms with Crippen LogP contribution in [0.5, 0.6) is 0 Å². The highest BCUT2D eigenvalue weighted by Gasteiger charge is 2.24. The Hall–Kier alpha value is -6.14. The van der Waals surface area contributed by atoms with Crippen LogP contribution in [-0.2, 0) is 0 Å². The molecular weight excluding hydrogens is 540 g/mol. The highest BCUT2D eigenvalue weighted by atomic mass is 15.2. The molecule has 4 heterocycles. The maximum atomic E-state index is 5.22. The van der Waals surface area contributed by atoms with Crippen LogP contribution >= 0.6 is 0 Å². The fourth-order valence-corrected chi connectivity index (χ4v) is 6.30. The van der Waals surface area contributed by atoms with Crippen molar-refractivity contribution in [2.45, 2.75) is 0 Å². The maximum absolute atomic E-state index is 5.22. The van der Waals surface area contributed by atoms with E-state index in [1.54, 1.807) is 0 Å². The summed E-state index contributed by atoms with van der Waals surface area (Å²) >= 11 is 0. The van der Waals surface area contributed by atoms with Crippen LogP contribution in [0, 0.1) is 0 Å². The van der Waals surface area contributed by atoms with Crippen molar-refractivity contribution in [2.75, 3.05) is 0 Å². The predicted octanol–water partition coefficient (Wildman–Crippen LogP) is 8.79. The number of benzene rings is 5. The summed E-state index contributed by atoms with van der Waals surface area (Å²) in [6, 6.07) is 49.7. The van der Waals surface area contributed by atoms with Gasteiger partial charge in [-0.2, -0.15) is 0 Å². The molecule has 206 valence electrons. The van der Waals surface area contributed by atoms with E-state index in [2.05, 4.69) is 94.1 Å². The molecule has 0 saturated heterocycles. The topological polar surface area (TPSA) is 61.4 Å². The summed E-state index contributed by atoms with van der Waals surface area (Å²) in [6.07, 6.45) is 0. The molecule has 44 heavy (non-hydrogen) atoms. The van der Waals surface area contributed by atoms with Crippen LogP contribution in [0.3, 0.4) is 0 Å². The number of nitrogens with zero attached hydrogens (tertiary/aromatic N) is 6. The summed E-state index contributed by atoms with van der Waals surface area (Å²) in [5.74, 6) is 0.585. The third kappa shape index (κ3) is 3.68. The molecule has 5 aromatic carbocycles. The van der Waals surface area contributed by atoms with Crippen molar-refractivity contribution < 1.29 is 0 Å². The van der Waals surface area contributed by atoms with Gasteiger partial charge in [0.05, 0.1) is 33.3 Å². The second-order valence-corrected chi connectivity index (χ2v) is 10.8. The molecule has 0 fully saturated rings. The first-order valence-electron chi connectivity index (χ1n) is 14.6. The van der Waals surface area contributed by atoms with Crippen molar-refractivity contribution in [3.8, 4) is 34.2 Å². The average molecular weight is 565 g/mol. The molecule has 9 rings (SSSR count). The van der Waals surface area contributed by atoms with Crippen LogP contribution in [0.25, 0.3) is 78.0 Å². The van der Waals surface area contributed by atoms with E-state index in [1.165, 1.54) is 0 Å². The van der Waals surface area contributed by atoms with Gasteiger partial charge < -0.3 is 0 Å². The minimum atomic E-state index is 0.585. The van der Waals surface area contributed by atoms with Crippen LogP contribution in [-0.4, -0.2) is 29.3 Å². The van der Waals surface area contributed by atoms with E-state index >= 15 is 0 Å². The number of para-hydroxylation sites is 3. The van der Waals surface area contributed by atoms with E-state index in [0.717, 1.165) is 72.1 Å². The summed E-state index contributed by atoms with van der Waals surface area (Å²) in [7, 11) is 0. The molecule has 0 aliphatic rings. The first-order valence-corrected chi connectivity index (χ1v) is 14.6. The highest BCUT2D eigenvalue weighted by Crippen LogP contribution is 2.40. The zero-order valence-corrected chi connectivity index (χ0v) is 23.5. The zero-order chi connectivity index (χ0) is 29.0. The average Bonchev–Trinajstić information content (AvgIpc) is 3.62. The van der Waals surface area contributed by atoms with Crippen molar-refractivity contribution >= 4 is 43.9 Å². The Labute approximate surface area is 252 Å². The number of rotatable bonds is 4. The van der Waals surface area contributed by atoms with Gasteiger partial charge in [-0.15, -0.1) is 10.2 Å². The Bertz CT molecular complexity index is 2420. The Balaban J connectivity index is 1.46. The predicted molar refractivity (Wildman–Crippen MR) is 177 cm³/mol. The molecule has 0 N–H and O–H groups in total. The molecular formula is C38H24N6. The van der Waals surface area contributed by atoms with E-state index in [4.69, 9.17) is 20.2 Å². The molecule has 0 unspecified atom stereocenters. The van der Waals surface area contributed by atoms with Gasteiger partial charge in [0.25, 0.3) is 0 Å². The summed E-state index contributed by atoms with van der Waals surface area (Å²) in [5, 5.41) is 12.9. The van der Waals surface area contributed by atoms with Gasteiger partial charge in [0.15, 0.2) is 5.65 Å². The van der Waals surface area contributed by atoms with Gasteiger partial charge in [0.1, 0.15) is 5.52 Å². The maximum Gasteiger partial charge on any atom is 0.235 e. The van der Waals surface area contributed by atoms with E-state index in [0.29, 0.717) is 5.95 Å². The van der Waals surface area contributed by atoms with E-state index in [9.17, 15) is 0 Å². The Morgan fingerprint density at radius 2 is 0.977 bits per heavy atom. The Kier molecular flexibility index (Phi) is 5.40. The van der Waals surface area contributed by atoms with Crippen LogP contribution in [0.1, 0.15) is 0 Å². The molecule has 0 atom stereocenters. The fourth-order valence-electron chi connectivity index (χ4n) is 6.30. The van der Waals surface area contributed by atoms with Gasteiger partial charge in [-0.1, -0.05) is 115 Å². The number of fused-ring (bicyclic) bond motifs is 7. The molecule has 0 aliphatic carbocycles. The molecule has 0 saturated carbocycles. The van der Waals surface area contributed by atoms with E-state index < -0.39 is 0 Å². The first kappa shape index (κ1) is 24.5. The molecule has 6 nitrogen and oxygen atoms in total. The summed E-state index contributed by atoms with van der Waals surface area (Å²) < 4.78 is 4.36. The number of aromatic nitrogens is 6. The smallest absolute Gasteiger partial charge is 0.235 e. The number of hydrogen-bond donors (Lipinski definition) is 0. The van der Waals surface area contributed by atoms with Crippen LogP contribution in [0.2, 0.25) is 0 Å². The van der Waals surface area contributed by atoms with Crippen molar-refractivity contribution in [1.29, 1.82) is 0 Å². The van der Waals surface area contributed by atoms with E-state index in [1.807, 2.05) is 60.7 Å². The van der Waals surface area contributed by atoms with Crippen LogP contribution in [0.15, 0.2) is 146 Å². The normalized spacial score (nSPS) is 11.6. The van der Waals surface area contributed by atoms with Gasteiger partial charge in [-0.05, 0) is 30.3 Å². The van der Waals surface area contributed by atoms with Gasteiger partial charge >= 0.3 is 0 Å². The zero-order valence-electron chi connectivity index (χ0n) is 23.5. The molecule has 0 aliphatic heterocycles. The molecule has 0 radical (unpaired) electrons. The van der Waals surface area contributed by atoms with Gasteiger partial charge in [-0.3, -0.25) is 9.13 Å². The standard InChI is InChI=1S/C38H24N6/c1-4-14-25(15-5-1)30-24-31(26-16-6-2-7-17-26)40-38(39-30)44-33-23-13-11-21-29(33)35-36(44)34-28-20-10-12-22-32(28)43(37(34)42-41-35)27-18-8-3-9-19-27/h1-24H. The molecule has 0 spiro atoms. The third-order valence-corrected chi connectivity index (χ3v) is 8.25. The third-order valence-electron chi connectivity index (χ3n) is 8.25. The summed E-state index contributed by atoms with van der Waals surface area (Å²) in [4.78, 5) is 10.4. The Morgan fingerprint density at radius 1 is 0.455 bits per heavy atom. The number of hydrogen-bond acceptors (Lipinski definition) is 4. The monoisotopic (exact) mass is 564 g/mol. The minimum absolute atomic E-state index is 0.585. The second-order valence-electron chi connectivity index (χ2n) is 10.8. The van der Waals surface area contributed by atoms with Crippen molar-refractivity contribution in [3.63, 3.8) is 0 Å². The van der Waals surface area contributed by atoms with Gasteiger partial charge in [0.2, 0.25) is 5.95 Å². The fraction of sp³-hybridized carbons (Fsp3) is 0. The highest BCUT2D eigenvalue weighted by molar-refractivity contribution is 6.23. The molecule has 0 bridgehead atoms. The molecule has 4 aromatic heterocycles. The van der Waals surface area contributed by atoms with Crippen molar-refractivity contribution in [1.82, 2.24) is 29.3 Å². The lowest BCUT2D eigenvalue weighted by atomic mass is 10.1. The largest absolute Gasteiger partial charge is 0.292 e. The van der Waals surface area contributed by atoms with Gasteiger partial charge in [0, 0.05) is 27.6 Å². The SMILES string of the molecule is c1ccc(-c2cc(-c3ccccc3)nc(-n3c4ccccc4c4nnc5c(c6ccccc6n5-c5ccccc5)c43)n2)cc1. The van der Waals surface area contributed by atoms with Crippen LogP contribution in [0.4, 0.5) is 0 Å². The summed E-state index contributed by atoms with van der Waals surface area (Å²) in [5.41, 5.74) is 9.38. The second kappa shape index (κ2) is 9.71. The van der Waals surface area contributed by atoms with Crippen molar-refractivity contribution in [3.05, 3.63) is 146 Å². The quantitative estimate of drug-likeness (QED) is 0.214. The lowest BCUT2D eigenvalue weighted by Gasteiger charge is -2.12. The summed E-state index contributed by atoms with van der Waals surface area (Å²) in [6.45, 7) is 0. The minimum Gasteiger partial charge on any atom is -0.292 e. The lowest BCUT2D eigenvalue weighted by Crippen LogP contribution is -2.04. The Morgan fingerprint density at radius 3 is 1.61 bits per heavy atom.